The summed E-state index contributed by atoms with van der Waals surface area (Å²) in [4.78, 5) is 14.1. The lowest BCUT2D eigenvalue weighted by molar-refractivity contribution is -0.133. The first-order valence-corrected chi connectivity index (χ1v) is 6.83. The third-order valence-electron chi connectivity index (χ3n) is 3.49. The number of hydrogen-bond donors (Lipinski definition) is 1. The fourth-order valence-corrected chi connectivity index (χ4v) is 2.22. The first kappa shape index (κ1) is 14.7. The monoisotopic (exact) mass is 278 g/mol. The van der Waals surface area contributed by atoms with Gasteiger partial charge in [0.05, 0.1) is 20.3 Å². The van der Waals surface area contributed by atoms with Crippen molar-refractivity contribution >= 4 is 5.91 Å². The molecule has 5 heteroatoms. The smallest absolute Gasteiger partial charge is 0.239 e. The first-order valence-electron chi connectivity index (χ1n) is 6.83. The number of ether oxygens (including phenoxy) is 2. The van der Waals surface area contributed by atoms with E-state index >= 15 is 0 Å². The van der Waals surface area contributed by atoms with Crippen LogP contribution in [0.5, 0.6) is 11.5 Å². The van der Waals surface area contributed by atoms with Gasteiger partial charge in [0.15, 0.2) is 0 Å². The molecule has 5 nitrogen and oxygen atoms in total. The molecule has 1 amide bonds. The van der Waals surface area contributed by atoms with E-state index in [9.17, 15) is 4.79 Å². The van der Waals surface area contributed by atoms with E-state index < -0.39 is 6.04 Å². The molecule has 1 fully saturated rings. The molecule has 2 rings (SSSR count). The van der Waals surface area contributed by atoms with Crippen molar-refractivity contribution in [2.24, 2.45) is 5.73 Å². The number of methoxy groups -OCH3 is 2. The van der Waals surface area contributed by atoms with Gasteiger partial charge in [-0.3, -0.25) is 4.79 Å². The van der Waals surface area contributed by atoms with Gasteiger partial charge in [0.25, 0.3) is 0 Å². The van der Waals surface area contributed by atoms with E-state index in [0.29, 0.717) is 12.6 Å². The second kappa shape index (κ2) is 6.13. The summed E-state index contributed by atoms with van der Waals surface area (Å²) in [5.74, 6) is 1.50. The highest BCUT2D eigenvalue weighted by molar-refractivity contribution is 5.81. The molecule has 1 aliphatic carbocycles. The standard InChI is InChI=1S/C15H22N2O3/c1-10(16)15(18)17(12-4-5-12)9-11-8-13(19-2)6-7-14(11)20-3/h6-8,10,12H,4-5,9,16H2,1-3H3/t10-/m0/s1. The van der Waals surface area contributed by atoms with Crippen molar-refractivity contribution in [1.82, 2.24) is 4.90 Å². The van der Waals surface area contributed by atoms with Crippen LogP contribution < -0.4 is 15.2 Å². The molecule has 2 N–H and O–H groups in total. The van der Waals surface area contributed by atoms with Gasteiger partial charge in [0, 0.05) is 18.2 Å². The molecule has 1 aromatic rings. The Morgan fingerprint density at radius 2 is 2.10 bits per heavy atom. The molecular formula is C15H22N2O3. The van der Waals surface area contributed by atoms with E-state index in [4.69, 9.17) is 15.2 Å². The molecule has 1 atom stereocenters. The predicted octanol–water partition coefficient (Wildman–Crippen LogP) is 1.54. The molecule has 0 aromatic heterocycles. The van der Waals surface area contributed by atoms with Crippen LogP contribution in [0.3, 0.4) is 0 Å². The molecule has 0 saturated heterocycles. The van der Waals surface area contributed by atoms with Gasteiger partial charge in [0.1, 0.15) is 11.5 Å². The van der Waals surface area contributed by atoms with E-state index in [0.717, 1.165) is 29.9 Å². The van der Waals surface area contributed by atoms with Crippen molar-refractivity contribution in [1.29, 1.82) is 0 Å². The maximum atomic E-state index is 12.2. The van der Waals surface area contributed by atoms with E-state index in [1.54, 1.807) is 21.1 Å². The number of benzene rings is 1. The van der Waals surface area contributed by atoms with Gasteiger partial charge >= 0.3 is 0 Å². The molecule has 0 heterocycles. The Hall–Kier alpha value is -1.75. The lowest BCUT2D eigenvalue weighted by Crippen LogP contribution is -2.42. The summed E-state index contributed by atoms with van der Waals surface area (Å²) >= 11 is 0. The minimum atomic E-state index is -0.479. The summed E-state index contributed by atoms with van der Waals surface area (Å²) in [7, 11) is 3.25. The Balaban J connectivity index is 2.23. The number of carbonyl (C=O) groups excluding carboxylic acids is 1. The molecular weight excluding hydrogens is 256 g/mol. The van der Waals surface area contributed by atoms with Crippen LogP contribution in [0.4, 0.5) is 0 Å². The zero-order chi connectivity index (χ0) is 14.7. The summed E-state index contributed by atoms with van der Waals surface area (Å²) in [6, 6.07) is 5.44. The topological polar surface area (TPSA) is 64.8 Å². The van der Waals surface area contributed by atoms with Crippen molar-refractivity contribution in [3.05, 3.63) is 23.8 Å². The Bertz CT molecular complexity index is 484. The summed E-state index contributed by atoms with van der Waals surface area (Å²) in [6.07, 6.45) is 2.09. The summed E-state index contributed by atoms with van der Waals surface area (Å²) in [5, 5.41) is 0. The number of nitrogens with two attached hydrogens (primary N) is 1. The van der Waals surface area contributed by atoms with Crippen LogP contribution in [-0.2, 0) is 11.3 Å². The number of hydrogen-bond acceptors (Lipinski definition) is 4. The Morgan fingerprint density at radius 1 is 1.40 bits per heavy atom. The van der Waals surface area contributed by atoms with E-state index in [2.05, 4.69) is 0 Å². The minimum absolute atomic E-state index is 0.0163. The number of amides is 1. The quantitative estimate of drug-likeness (QED) is 0.857. The zero-order valence-corrected chi connectivity index (χ0v) is 12.3. The molecule has 0 bridgehead atoms. The Morgan fingerprint density at radius 3 is 2.60 bits per heavy atom. The number of rotatable bonds is 6. The normalized spacial score (nSPS) is 15.6. The molecule has 0 unspecified atom stereocenters. The van der Waals surface area contributed by atoms with Crippen LogP contribution in [-0.4, -0.2) is 37.1 Å². The minimum Gasteiger partial charge on any atom is -0.497 e. The maximum absolute atomic E-state index is 12.2. The van der Waals surface area contributed by atoms with Gasteiger partial charge in [-0.1, -0.05) is 0 Å². The molecule has 0 spiro atoms. The lowest BCUT2D eigenvalue weighted by Gasteiger charge is -2.25. The molecule has 1 aromatic carbocycles. The third-order valence-corrected chi connectivity index (χ3v) is 3.49. The molecule has 1 aliphatic rings. The first-order chi connectivity index (χ1) is 9.56. The number of carbonyl (C=O) groups is 1. The van der Waals surface area contributed by atoms with E-state index in [-0.39, 0.29) is 5.91 Å². The van der Waals surface area contributed by atoms with Crippen LogP contribution >= 0.6 is 0 Å². The van der Waals surface area contributed by atoms with E-state index in [1.807, 2.05) is 23.1 Å². The average molecular weight is 278 g/mol. The van der Waals surface area contributed by atoms with Crippen LogP contribution in [0.2, 0.25) is 0 Å². The highest BCUT2D eigenvalue weighted by atomic mass is 16.5. The van der Waals surface area contributed by atoms with Gasteiger partial charge in [-0.2, -0.15) is 0 Å². The van der Waals surface area contributed by atoms with Crippen molar-refractivity contribution in [3.8, 4) is 11.5 Å². The second-order valence-corrected chi connectivity index (χ2v) is 5.16. The maximum Gasteiger partial charge on any atom is 0.239 e. The summed E-state index contributed by atoms with van der Waals surface area (Å²) in [5.41, 5.74) is 6.67. The molecule has 20 heavy (non-hydrogen) atoms. The van der Waals surface area contributed by atoms with Crippen LogP contribution in [0.1, 0.15) is 25.3 Å². The van der Waals surface area contributed by atoms with Crippen LogP contribution in [0.25, 0.3) is 0 Å². The predicted molar refractivity (Wildman–Crippen MR) is 76.8 cm³/mol. The van der Waals surface area contributed by atoms with Gasteiger partial charge in [-0.05, 0) is 38.0 Å². The number of nitrogens with zero attached hydrogens (tertiary/aromatic N) is 1. The molecule has 0 aliphatic heterocycles. The van der Waals surface area contributed by atoms with Crippen molar-refractivity contribution in [2.75, 3.05) is 14.2 Å². The second-order valence-electron chi connectivity index (χ2n) is 5.16. The highest BCUT2D eigenvalue weighted by Crippen LogP contribution is 2.32. The fraction of sp³-hybridized carbons (Fsp3) is 0.533. The molecule has 1 saturated carbocycles. The van der Waals surface area contributed by atoms with E-state index in [1.165, 1.54) is 0 Å². The summed E-state index contributed by atoms with van der Waals surface area (Å²) < 4.78 is 10.6. The SMILES string of the molecule is COc1ccc(OC)c(CN(C(=O)[C@H](C)N)C2CC2)c1. The Kier molecular flexibility index (Phi) is 4.49. The average Bonchev–Trinajstić information content (AvgIpc) is 3.28. The van der Waals surface area contributed by atoms with Gasteiger partial charge in [-0.15, -0.1) is 0 Å². The Labute approximate surface area is 119 Å². The van der Waals surface area contributed by atoms with Crippen molar-refractivity contribution in [2.45, 2.75) is 38.4 Å². The van der Waals surface area contributed by atoms with Gasteiger partial charge < -0.3 is 20.1 Å². The zero-order valence-electron chi connectivity index (χ0n) is 12.3. The molecule has 110 valence electrons. The van der Waals surface area contributed by atoms with Gasteiger partial charge in [-0.25, -0.2) is 0 Å². The third kappa shape index (κ3) is 3.22. The largest absolute Gasteiger partial charge is 0.497 e. The summed E-state index contributed by atoms with van der Waals surface area (Å²) in [6.45, 7) is 2.23. The highest BCUT2D eigenvalue weighted by Gasteiger charge is 2.34. The van der Waals surface area contributed by atoms with Crippen LogP contribution in [0.15, 0.2) is 18.2 Å². The van der Waals surface area contributed by atoms with Crippen molar-refractivity contribution in [3.63, 3.8) is 0 Å². The fourth-order valence-electron chi connectivity index (χ4n) is 2.22. The molecule has 0 radical (unpaired) electrons. The van der Waals surface area contributed by atoms with Gasteiger partial charge in [0.2, 0.25) is 5.91 Å². The van der Waals surface area contributed by atoms with Crippen LogP contribution in [0, 0.1) is 0 Å². The van der Waals surface area contributed by atoms with Crippen molar-refractivity contribution < 1.29 is 14.3 Å². The lowest BCUT2D eigenvalue weighted by atomic mass is 10.1.